The zero-order valence-corrected chi connectivity index (χ0v) is 7.43. The Hall–Kier alpha value is -1.29. The van der Waals surface area contributed by atoms with E-state index in [1.165, 1.54) is 0 Å². The summed E-state index contributed by atoms with van der Waals surface area (Å²) in [4.78, 5) is 10.9. The van der Waals surface area contributed by atoms with Gasteiger partial charge >= 0.3 is 5.97 Å². The summed E-state index contributed by atoms with van der Waals surface area (Å²) in [6, 6.07) is 2.22. The van der Waals surface area contributed by atoms with E-state index in [0.29, 0.717) is 0 Å². The molecule has 0 radical (unpaired) electrons. The minimum Gasteiger partial charge on any atom is -0.506 e. The maximum atomic E-state index is 13.1. The molecule has 1 N–H and O–H groups in total. The van der Waals surface area contributed by atoms with E-state index < -0.39 is 22.6 Å². The van der Waals surface area contributed by atoms with Crippen LogP contribution in [-0.2, 0) is 4.74 Å². The number of phenols is 1. The number of aromatic hydroxyl groups is 1. The summed E-state index contributed by atoms with van der Waals surface area (Å²) >= 11 is 5.35. The van der Waals surface area contributed by atoms with Gasteiger partial charge in [0, 0.05) is 0 Å². The third-order valence-electron chi connectivity index (χ3n) is 1.47. The quantitative estimate of drug-likeness (QED) is 0.712. The van der Waals surface area contributed by atoms with Crippen molar-refractivity contribution in [1.82, 2.24) is 0 Å². The average molecular weight is 205 g/mol. The molecule has 0 amide bonds. The van der Waals surface area contributed by atoms with Crippen molar-refractivity contribution in [3.05, 3.63) is 28.5 Å². The summed E-state index contributed by atoms with van der Waals surface area (Å²) < 4.78 is 17.4. The van der Waals surface area contributed by atoms with E-state index in [9.17, 15) is 9.18 Å². The molecular formula is C8H6ClFO3. The third kappa shape index (κ3) is 1.72. The fourth-order valence-electron chi connectivity index (χ4n) is 0.807. The monoisotopic (exact) mass is 204 g/mol. The van der Waals surface area contributed by atoms with Crippen molar-refractivity contribution in [3.63, 3.8) is 0 Å². The molecule has 0 unspecified atom stereocenters. The Balaban J connectivity index is 3.26. The lowest BCUT2D eigenvalue weighted by molar-refractivity contribution is 0.0595. The molecule has 0 atom stereocenters. The SMILES string of the molecule is COC(=O)c1ccc(O)c(Cl)c1F. The first-order valence-corrected chi connectivity index (χ1v) is 3.71. The van der Waals surface area contributed by atoms with Crippen molar-refractivity contribution in [2.45, 2.75) is 0 Å². The molecule has 0 heterocycles. The van der Waals surface area contributed by atoms with Crippen molar-refractivity contribution in [1.29, 1.82) is 0 Å². The number of carbonyl (C=O) groups is 1. The van der Waals surface area contributed by atoms with Gasteiger partial charge in [0.1, 0.15) is 10.8 Å². The molecule has 0 saturated heterocycles. The maximum Gasteiger partial charge on any atom is 0.340 e. The molecule has 0 aliphatic carbocycles. The summed E-state index contributed by atoms with van der Waals surface area (Å²) in [5, 5.41) is 8.47. The van der Waals surface area contributed by atoms with Gasteiger partial charge in [-0.15, -0.1) is 0 Å². The molecule has 0 saturated carbocycles. The predicted molar refractivity (Wildman–Crippen MR) is 44.4 cm³/mol. The summed E-state index contributed by atoms with van der Waals surface area (Å²) in [5.74, 6) is -2.22. The Morgan fingerprint density at radius 1 is 1.62 bits per heavy atom. The van der Waals surface area contributed by atoms with Gasteiger partial charge in [0.2, 0.25) is 0 Å². The van der Waals surface area contributed by atoms with Crippen LogP contribution in [0.4, 0.5) is 4.39 Å². The second-order valence-electron chi connectivity index (χ2n) is 2.25. The van der Waals surface area contributed by atoms with Gasteiger partial charge in [-0.05, 0) is 12.1 Å². The summed E-state index contributed by atoms with van der Waals surface area (Å²) in [6.07, 6.45) is 0. The topological polar surface area (TPSA) is 46.5 Å². The standard InChI is InChI=1S/C8H6ClFO3/c1-13-8(12)4-2-3-5(11)6(9)7(4)10/h2-3,11H,1H3. The highest BCUT2D eigenvalue weighted by atomic mass is 35.5. The Morgan fingerprint density at radius 3 is 2.77 bits per heavy atom. The first-order valence-electron chi connectivity index (χ1n) is 3.33. The van der Waals surface area contributed by atoms with E-state index in [1.807, 2.05) is 0 Å². The number of hydrogen-bond acceptors (Lipinski definition) is 3. The molecule has 0 spiro atoms. The summed E-state index contributed by atoms with van der Waals surface area (Å²) in [5.41, 5.74) is -0.301. The minimum atomic E-state index is -0.978. The van der Waals surface area contributed by atoms with Crippen LogP contribution in [0, 0.1) is 5.82 Å². The molecule has 1 aromatic carbocycles. The Morgan fingerprint density at radius 2 is 2.23 bits per heavy atom. The third-order valence-corrected chi connectivity index (χ3v) is 1.83. The molecular weight excluding hydrogens is 199 g/mol. The van der Waals surface area contributed by atoms with Crippen LogP contribution >= 0.6 is 11.6 Å². The first kappa shape index (κ1) is 9.80. The molecule has 3 nitrogen and oxygen atoms in total. The van der Waals surface area contributed by atoms with Crippen molar-refractivity contribution < 1.29 is 19.0 Å². The molecule has 0 fully saturated rings. The molecule has 0 aliphatic heterocycles. The minimum absolute atomic E-state index is 0.301. The highest BCUT2D eigenvalue weighted by Gasteiger charge is 2.16. The Kier molecular flexibility index (Phi) is 2.72. The number of methoxy groups -OCH3 is 1. The van der Waals surface area contributed by atoms with Crippen molar-refractivity contribution in [3.8, 4) is 5.75 Å². The first-order chi connectivity index (χ1) is 6.07. The van der Waals surface area contributed by atoms with Gasteiger partial charge in [-0.3, -0.25) is 0 Å². The van der Waals surface area contributed by atoms with Crippen molar-refractivity contribution in [2.75, 3.05) is 7.11 Å². The molecule has 1 rings (SSSR count). The van der Waals surface area contributed by atoms with Gasteiger partial charge in [-0.25, -0.2) is 9.18 Å². The number of esters is 1. The molecule has 0 aromatic heterocycles. The number of halogens is 2. The molecule has 0 bridgehead atoms. The van der Waals surface area contributed by atoms with E-state index in [2.05, 4.69) is 4.74 Å². The fourth-order valence-corrected chi connectivity index (χ4v) is 0.972. The van der Waals surface area contributed by atoms with E-state index in [1.54, 1.807) is 0 Å². The van der Waals surface area contributed by atoms with E-state index >= 15 is 0 Å². The normalized spacial score (nSPS) is 9.77. The number of ether oxygens (including phenoxy) is 1. The van der Waals surface area contributed by atoms with Crippen molar-refractivity contribution >= 4 is 17.6 Å². The van der Waals surface area contributed by atoms with E-state index in [0.717, 1.165) is 19.2 Å². The number of hydrogen-bond donors (Lipinski definition) is 1. The maximum absolute atomic E-state index is 13.1. The average Bonchev–Trinajstić information content (AvgIpc) is 2.13. The van der Waals surface area contributed by atoms with Crippen molar-refractivity contribution in [2.24, 2.45) is 0 Å². The molecule has 0 aliphatic rings. The summed E-state index contributed by atoms with van der Waals surface area (Å²) in [6.45, 7) is 0. The lowest BCUT2D eigenvalue weighted by atomic mass is 10.2. The number of phenolic OH excluding ortho intramolecular Hbond substituents is 1. The van der Waals surface area contributed by atoms with Crippen LogP contribution in [-0.4, -0.2) is 18.2 Å². The summed E-state index contributed by atoms with van der Waals surface area (Å²) in [7, 11) is 1.13. The zero-order chi connectivity index (χ0) is 10.0. The van der Waals surface area contributed by atoms with Crippen LogP contribution in [0.1, 0.15) is 10.4 Å². The Labute approximate surface area is 78.7 Å². The lowest BCUT2D eigenvalue weighted by Crippen LogP contribution is -2.04. The van der Waals surface area contributed by atoms with Crippen LogP contribution in [0.5, 0.6) is 5.75 Å². The van der Waals surface area contributed by atoms with Gasteiger partial charge in [0.15, 0.2) is 5.82 Å². The highest BCUT2D eigenvalue weighted by Crippen LogP contribution is 2.28. The van der Waals surface area contributed by atoms with E-state index in [-0.39, 0.29) is 5.56 Å². The van der Waals surface area contributed by atoms with Crippen LogP contribution in [0.2, 0.25) is 5.02 Å². The molecule has 70 valence electrons. The highest BCUT2D eigenvalue weighted by molar-refractivity contribution is 6.32. The fraction of sp³-hybridized carbons (Fsp3) is 0.125. The Bertz CT molecular complexity index is 351. The molecule has 5 heteroatoms. The van der Waals surface area contributed by atoms with Crippen LogP contribution in [0.3, 0.4) is 0 Å². The van der Waals surface area contributed by atoms with Crippen LogP contribution in [0.15, 0.2) is 12.1 Å². The van der Waals surface area contributed by atoms with Gasteiger partial charge in [0.25, 0.3) is 0 Å². The lowest BCUT2D eigenvalue weighted by Gasteiger charge is -2.03. The zero-order valence-electron chi connectivity index (χ0n) is 6.67. The van der Waals surface area contributed by atoms with E-state index in [4.69, 9.17) is 16.7 Å². The molecule has 13 heavy (non-hydrogen) atoms. The van der Waals surface area contributed by atoms with Gasteiger partial charge in [0.05, 0.1) is 12.7 Å². The number of carbonyl (C=O) groups excluding carboxylic acids is 1. The molecule has 1 aromatic rings. The van der Waals surface area contributed by atoms with Gasteiger partial charge in [-0.1, -0.05) is 11.6 Å². The smallest absolute Gasteiger partial charge is 0.340 e. The number of rotatable bonds is 1. The van der Waals surface area contributed by atoms with Crippen LogP contribution in [0.25, 0.3) is 0 Å². The van der Waals surface area contributed by atoms with Crippen LogP contribution < -0.4 is 0 Å². The number of benzene rings is 1. The largest absolute Gasteiger partial charge is 0.506 e. The second-order valence-corrected chi connectivity index (χ2v) is 2.63. The predicted octanol–water partition coefficient (Wildman–Crippen LogP) is 1.97. The second kappa shape index (κ2) is 3.62. The van der Waals surface area contributed by atoms with Gasteiger partial charge in [-0.2, -0.15) is 0 Å². The van der Waals surface area contributed by atoms with Gasteiger partial charge < -0.3 is 9.84 Å².